The van der Waals surface area contributed by atoms with Crippen LogP contribution in [0.3, 0.4) is 0 Å². The molecule has 2 aromatic rings. The summed E-state index contributed by atoms with van der Waals surface area (Å²) in [6.07, 6.45) is 0. The molecule has 8 nitrogen and oxygen atoms in total. The maximum atomic E-state index is 10.5. The summed E-state index contributed by atoms with van der Waals surface area (Å²) in [5.41, 5.74) is 0.909. The van der Waals surface area contributed by atoms with Crippen molar-refractivity contribution >= 4 is 11.6 Å². The van der Waals surface area contributed by atoms with E-state index in [4.69, 9.17) is 4.42 Å². The number of nitro groups is 2. The van der Waals surface area contributed by atoms with Crippen LogP contribution >= 0.6 is 0 Å². The molecule has 0 radical (unpaired) electrons. The van der Waals surface area contributed by atoms with Crippen LogP contribution in [0, 0.1) is 20.2 Å². The fraction of sp³-hybridized carbons (Fsp3) is 0.167. The van der Waals surface area contributed by atoms with E-state index in [9.17, 15) is 20.2 Å². The lowest BCUT2D eigenvalue weighted by atomic mass is 10.2. The van der Waals surface area contributed by atoms with Crippen LogP contribution in [-0.4, -0.2) is 9.85 Å². The number of non-ortho nitro benzene ring substituents is 1. The number of benzene rings is 1. The predicted molar refractivity (Wildman–Crippen MR) is 69.0 cm³/mol. The molecular weight excluding hydrogens is 266 g/mol. The normalized spacial score (nSPS) is 10.4. The van der Waals surface area contributed by atoms with Crippen LogP contribution in [-0.2, 0) is 13.1 Å². The highest BCUT2D eigenvalue weighted by atomic mass is 16.6. The number of furan rings is 1. The van der Waals surface area contributed by atoms with E-state index in [0.717, 1.165) is 5.56 Å². The molecule has 0 atom stereocenters. The van der Waals surface area contributed by atoms with E-state index in [2.05, 4.69) is 5.32 Å². The lowest BCUT2D eigenvalue weighted by molar-refractivity contribution is -0.402. The summed E-state index contributed by atoms with van der Waals surface area (Å²) in [6, 6.07) is 8.97. The first-order valence-electron chi connectivity index (χ1n) is 5.73. The molecule has 0 unspecified atom stereocenters. The molecule has 0 amide bonds. The second-order valence-electron chi connectivity index (χ2n) is 4.02. The van der Waals surface area contributed by atoms with Gasteiger partial charge in [-0.25, -0.2) is 0 Å². The zero-order valence-corrected chi connectivity index (χ0v) is 10.3. The van der Waals surface area contributed by atoms with Gasteiger partial charge in [-0.3, -0.25) is 20.2 Å². The molecule has 0 aliphatic carbocycles. The van der Waals surface area contributed by atoms with Crippen LogP contribution in [0.25, 0.3) is 0 Å². The van der Waals surface area contributed by atoms with E-state index in [1.807, 2.05) is 0 Å². The van der Waals surface area contributed by atoms with Crippen molar-refractivity contribution in [3.63, 3.8) is 0 Å². The Hall–Kier alpha value is -2.74. The summed E-state index contributed by atoms with van der Waals surface area (Å²) in [7, 11) is 0. The van der Waals surface area contributed by atoms with Gasteiger partial charge in [-0.05, 0) is 11.6 Å². The molecule has 8 heteroatoms. The molecule has 1 heterocycles. The molecule has 104 valence electrons. The minimum atomic E-state index is -0.597. The number of hydrogen-bond acceptors (Lipinski definition) is 6. The van der Waals surface area contributed by atoms with E-state index >= 15 is 0 Å². The molecule has 0 fully saturated rings. The number of hydrogen-bond donors (Lipinski definition) is 1. The van der Waals surface area contributed by atoms with Gasteiger partial charge in [-0.1, -0.05) is 12.1 Å². The predicted octanol–water partition coefficient (Wildman–Crippen LogP) is 2.39. The van der Waals surface area contributed by atoms with E-state index < -0.39 is 9.85 Å². The smallest absolute Gasteiger partial charge is 0.404 e. The summed E-state index contributed by atoms with van der Waals surface area (Å²) in [4.78, 5) is 19.9. The lowest BCUT2D eigenvalue weighted by Crippen LogP contribution is -2.12. The van der Waals surface area contributed by atoms with Crippen LogP contribution in [0.2, 0.25) is 0 Å². The quantitative estimate of drug-likeness (QED) is 0.640. The van der Waals surface area contributed by atoms with Gasteiger partial charge in [-0.15, -0.1) is 0 Å². The van der Waals surface area contributed by atoms with E-state index in [1.165, 1.54) is 24.3 Å². The van der Waals surface area contributed by atoms with Crippen molar-refractivity contribution in [1.29, 1.82) is 0 Å². The lowest BCUT2D eigenvalue weighted by Gasteiger charge is -2.02. The Balaban J connectivity index is 1.85. The Bertz CT molecular complexity index is 620. The standard InChI is InChI=1S/C12H11N3O5/c16-14(17)10-3-1-9(2-4-10)7-13-8-11-5-6-12(20-11)15(18)19/h1-6,13H,7-8H2. The molecular formula is C12H11N3O5. The topological polar surface area (TPSA) is 111 Å². The fourth-order valence-electron chi connectivity index (χ4n) is 1.63. The molecule has 0 aliphatic rings. The summed E-state index contributed by atoms with van der Waals surface area (Å²) < 4.78 is 4.98. The SMILES string of the molecule is O=[N+]([O-])c1ccc(CNCc2ccc([N+](=O)[O-])o2)cc1. The maximum Gasteiger partial charge on any atom is 0.433 e. The van der Waals surface area contributed by atoms with Crippen LogP contribution in [0.5, 0.6) is 0 Å². The average molecular weight is 277 g/mol. The number of nitro benzene ring substituents is 1. The Morgan fingerprint density at radius 3 is 2.20 bits per heavy atom. The minimum Gasteiger partial charge on any atom is -0.404 e. The molecule has 20 heavy (non-hydrogen) atoms. The molecule has 1 N–H and O–H groups in total. The maximum absolute atomic E-state index is 10.5. The zero-order valence-electron chi connectivity index (χ0n) is 10.3. The zero-order chi connectivity index (χ0) is 14.5. The average Bonchev–Trinajstić information content (AvgIpc) is 2.88. The molecule has 1 aromatic heterocycles. The Labute approximate surface area is 113 Å². The van der Waals surface area contributed by atoms with Gasteiger partial charge in [0.2, 0.25) is 0 Å². The molecule has 0 bridgehead atoms. The first-order valence-corrected chi connectivity index (χ1v) is 5.73. The van der Waals surface area contributed by atoms with Gasteiger partial charge in [0.1, 0.15) is 10.7 Å². The van der Waals surface area contributed by atoms with Crippen molar-refractivity contribution in [2.75, 3.05) is 0 Å². The fourth-order valence-corrected chi connectivity index (χ4v) is 1.63. The third-order valence-corrected chi connectivity index (χ3v) is 2.60. The summed E-state index contributed by atoms with van der Waals surface area (Å²) in [6.45, 7) is 0.817. The Kier molecular flexibility index (Phi) is 4.06. The third-order valence-electron chi connectivity index (χ3n) is 2.60. The summed E-state index contributed by atoms with van der Waals surface area (Å²) in [5, 5.41) is 24.0. The molecule has 2 rings (SSSR count). The van der Waals surface area contributed by atoms with E-state index in [-0.39, 0.29) is 11.6 Å². The van der Waals surface area contributed by atoms with Gasteiger partial charge in [0.05, 0.1) is 17.5 Å². The van der Waals surface area contributed by atoms with E-state index in [0.29, 0.717) is 18.8 Å². The highest BCUT2D eigenvalue weighted by Crippen LogP contribution is 2.15. The van der Waals surface area contributed by atoms with Gasteiger partial charge < -0.3 is 9.73 Å². The van der Waals surface area contributed by atoms with Crippen molar-refractivity contribution in [2.24, 2.45) is 0 Å². The van der Waals surface area contributed by atoms with Crippen molar-refractivity contribution in [3.05, 3.63) is 68.0 Å². The number of nitrogens with zero attached hydrogens (tertiary/aromatic N) is 2. The number of rotatable bonds is 6. The Morgan fingerprint density at radius 1 is 0.950 bits per heavy atom. The highest BCUT2D eigenvalue weighted by Gasteiger charge is 2.11. The van der Waals surface area contributed by atoms with Gasteiger partial charge in [-0.2, -0.15) is 0 Å². The van der Waals surface area contributed by atoms with Crippen LogP contribution in [0.4, 0.5) is 11.6 Å². The summed E-state index contributed by atoms with van der Waals surface area (Å²) in [5.74, 6) is 0.163. The second-order valence-corrected chi connectivity index (χ2v) is 4.02. The minimum absolute atomic E-state index is 0.0374. The van der Waals surface area contributed by atoms with Crippen LogP contribution < -0.4 is 5.32 Å². The van der Waals surface area contributed by atoms with Gasteiger partial charge in [0.25, 0.3) is 5.69 Å². The molecule has 0 saturated heterocycles. The van der Waals surface area contributed by atoms with Crippen LogP contribution in [0.1, 0.15) is 11.3 Å². The Morgan fingerprint density at radius 2 is 1.65 bits per heavy atom. The molecule has 0 saturated carbocycles. The van der Waals surface area contributed by atoms with Crippen molar-refractivity contribution in [2.45, 2.75) is 13.1 Å². The number of nitrogens with one attached hydrogen (secondary N) is 1. The van der Waals surface area contributed by atoms with Crippen molar-refractivity contribution in [3.8, 4) is 0 Å². The monoisotopic (exact) mass is 277 g/mol. The van der Waals surface area contributed by atoms with Crippen molar-refractivity contribution in [1.82, 2.24) is 5.32 Å². The van der Waals surface area contributed by atoms with Crippen LogP contribution in [0.15, 0.2) is 40.8 Å². The first-order chi connectivity index (χ1) is 9.56. The van der Waals surface area contributed by atoms with Gasteiger partial charge >= 0.3 is 5.88 Å². The first kappa shape index (κ1) is 13.7. The highest BCUT2D eigenvalue weighted by molar-refractivity contribution is 5.32. The second kappa shape index (κ2) is 5.93. The summed E-state index contributed by atoms with van der Waals surface area (Å²) >= 11 is 0. The van der Waals surface area contributed by atoms with Gasteiger partial charge in [0, 0.05) is 18.7 Å². The van der Waals surface area contributed by atoms with Crippen molar-refractivity contribution < 1.29 is 14.3 Å². The molecule has 0 spiro atoms. The van der Waals surface area contributed by atoms with E-state index in [1.54, 1.807) is 12.1 Å². The van der Waals surface area contributed by atoms with Gasteiger partial charge in [0.15, 0.2) is 0 Å². The molecule has 0 aliphatic heterocycles. The third kappa shape index (κ3) is 3.39. The molecule has 1 aromatic carbocycles. The largest absolute Gasteiger partial charge is 0.433 e.